The molecule has 0 amide bonds. The molecule has 1 N–H and O–H groups in total. The molecule has 1 saturated carbocycles. The molecule has 0 bridgehead atoms. The molecule has 1 heterocycles. The van der Waals surface area contributed by atoms with Crippen molar-refractivity contribution in [1.82, 2.24) is 15.5 Å². The molecule has 1 aliphatic rings. The first kappa shape index (κ1) is 12.4. The lowest BCUT2D eigenvalue weighted by atomic mass is 9.95. The van der Waals surface area contributed by atoms with Crippen LogP contribution in [0.4, 0.5) is 6.01 Å². The minimum Gasteiger partial charge on any atom is -0.406 e. The average molecular weight is 238 g/mol. The first-order valence-electron chi connectivity index (χ1n) is 6.46. The summed E-state index contributed by atoms with van der Waals surface area (Å²) in [5.74, 6) is 0.658. The predicted octanol–water partition coefficient (Wildman–Crippen LogP) is 2.12. The van der Waals surface area contributed by atoms with Gasteiger partial charge >= 0.3 is 6.01 Å². The second-order valence-electron chi connectivity index (χ2n) is 4.84. The molecule has 1 aromatic rings. The van der Waals surface area contributed by atoms with Gasteiger partial charge in [0, 0.05) is 13.1 Å². The van der Waals surface area contributed by atoms with Crippen molar-refractivity contribution in [3.05, 3.63) is 5.89 Å². The summed E-state index contributed by atoms with van der Waals surface area (Å²) in [5, 5.41) is 11.3. The number of anilines is 1. The Morgan fingerprint density at radius 1 is 1.29 bits per heavy atom. The lowest BCUT2D eigenvalue weighted by Crippen LogP contribution is -2.33. The van der Waals surface area contributed by atoms with Gasteiger partial charge in [-0.1, -0.05) is 24.4 Å². The molecule has 0 aliphatic heterocycles. The van der Waals surface area contributed by atoms with Crippen LogP contribution in [0.15, 0.2) is 4.42 Å². The molecule has 0 saturated heterocycles. The maximum absolute atomic E-state index is 5.69. The summed E-state index contributed by atoms with van der Waals surface area (Å²) in [6.45, 7) is 2.01. The summed E-state index contributed by atoms with van der Waals surface area (Å²) in [5.41, 5.74) is 0. The second kappa shape index (κ2) is 5.49. The van der Waals surface area contributed by atoms with Crippen LogP contribution in [0.1, 0.15) is 51.0 Å². The standard InChI is InChI=1S/C12H22N4O/c1-9(13-2)11-14-15-12(17-11)16(3)10-7-5-4-6-8-10/h9-10,13H,4-8H2,1-3H3. The molecule has 0 radical (unpaired) electrons. The van der Waals surface area contributed by atoms with Crippen LogP contribution in [0, 0.1) is 0 Å². The highest BCUT2D eigenvalue weighted by Crippen LogP contribution is 2.26. The van der Waals surface area contributed by atoms with E-state index in [9.17, 15) is 0 Å². The summed E-state index contributed by atoms with van der Waals surface area (Å²) in [6.07, 6.45) is 6.44. The molecule has 1 aromatic heterocycles. The summed E-state index contributed by atoms with van der Waals surface area (Å²) in [7, 11) is 3.94. The van der Waals surface area contributed by atoms with E-state index in [0.717, 1.165) is 0 Å². The highest BCUT2D eigenvalue weighted by molar-refractivity contribution is 5.25. The molecule has 1 atom stereocenters. The van der Waals surface area contributed by atoms with Gasteiger partial charge in [-0.05, 0) is 26.8 Å². The highest BCUT2D eigenvalue weighted by atomic mass is 16.4. The fourth-order valence-corrected chi connectivity index (χ4v) is 2.29. The predicted molar refractivity (Wildman–Crippen MR) is 67.0 cm³/mol. The number of hydrogen-bond acceptors (Lipinski definition) is 5. The third-order valence-corrected chi connectivity index (χ3v) is 3.66. The van der Waals surface area contributed by atoms with Crippen molar-refractivity contribution in [2.24, 2.45) is 0 Å². The van der Waals surface area contributed by atoms with Crippen LogP contribution in [0.3, 0.4) is 0 Å². The van der Waals surface area contributed by atoms with Crippen molar-refractivity contribution in [1.29, 1.82) is 0 Å². The lowest BCUT2D eigenvalue weighted by Gasteiger charge is -2.29. The Bertz CT molecular complexity index is 346. The van der Waals surface area contributed by atoms with E-state index in [1.807, 2.05) is 14.0 Å². The van der Waals surface area contributed by atoms with Gasteiger partial charge in [-0.25, -0.2) is 0 Å². The third kappa shape index (κ3) is 2.77. The molecule has 96 valence electrons. The molecule has 5 heteroatoms. The largest absolute Gasteiger partial charge is 0.406 e. The fraction of sp³-hybridized carbons (Fsp3) is 0.833. The van der Waals surface area contributed by atoms with E-state index in [-0.39, 0.29) is 6.04 Å². The zero-order valence-corrected chi connectivity index (χ0v) is 10.9. The number of nitrogens with one attached hydrogen (secondary N) is 1. The van der Waals surface area contributed by atoms with Crippen LogP contribution < -0.4 is 10.2 Å². The van der Waals surface area contributed by atoms with E-state index in [1.54, 1.807) is 0 Å². The number of rotatable bonds is 4. The summed E-state index contributed by atoms with van der Waals surface area (Å²) in [6, 6.07) is 1.31. The van der Waals surface area contributed by atoms with E-state index >= 15 is 0 Å². The van der Waals surface area contributed by atoms with E-state index in [1.165, 1.54) is 32.1 Å². The van der Waals surface area contributed by atoms with Gasteiger partial charge in [0.1, 0.15) is 0 Å². The van der Waals surface area contributed by atoms with Crippen molar-refractivity contribution >= 4 is 6.01 Å². The van der Waals surface area contributed by atoms with Crippen molar-refractivity contribution in [2.75, 3.05) is 19.0 Å². The third-order valence-electron chi connectivity index (χ3n) is 3.66. The van der Waals surface area contributed by atoms with Crippen LogP contribution in [0.2, 0.25) is 0 Å². The second-order valence-corrected chi connectivity index (χ2v) is 4.84. The van der Waals surface area contributed by atoms with Gasteiger partial charge in [0.25, 0.3) is 0 Å². The van der Waals surface area contributed by atoms with Gasteiger partial charge in [-0.3, -0.25) is 0 Å². The molecule has 1 unspecified atom stereocenters. The molecule has 0 spiro atoms. The van der Waals surface area contributed by atoms with Crippen LogP contribution in [0.25, 0.3) is 0 Å². The molecule has 1 aliphatic carbocycles. The SMILES string of the molecule is CNC(C)c1nnc(N(C)C2CCCCC2)o1. The van der Waals surface area contributed by atoms with Gasteiger partial charge in [0.15, 0.2) is 0 Å². The zero-order valence-electron chi connectivity index (χ0n) is 10.9. The minimum atomic E-state index is 0.107. The summed E-state index contributed by atoms with van der Waals surface area (Å²) in [4.78, 5) is 2.14. The van der Waals surface area contributed by atoms with E-state index < -0.39 is 0 Å². The first-order valence-corrected chi connectivity index (χ1v) is 6.46. The Morgan fingerprint density at radius 3 is 2.65 bits per heavy atom. The van der Waals surface area contributed by atoms with E-state index in [2.05, 4.69) is 27.5 Å². The Kier molecular flexibility index (Phi) is 3.99. The smallest absolute Gasteiger partial charge is 0.318 e. The van der Waals surface area contributed by atoms with Crippen molar-refractivity contribution in [3.8, 4) is 0 Å². The molecule has 5 nitrogen and oxygen atoms in total. The van der Waals surface area contributed by atoms with Crippen LogP contribution in [-0.4, -0.2) is 30.3 Å². The minimum absolute atomic E-state index is 0.107. The van der Waals surface area contributed by atoms with Gasteiger partial charge in [0.05, 0.1) is 6.04 Å². The van der Waals surface area contributed by atoms with Gasteiger partial charge in [0.2, 0.25) is 5.89 Å². The maximum atomic E-state index is 5.69. The van der Waals surface area contributed by atoms with Crippen molar-refractivity contribution in [3.63, 3.8) is 0 Å². The normalized spacial score (nSPS) is 19.2. The Labute approximate surface area is 103 Å². The average Bonchev–Trinajstić information content (AvgIpc) is 2.87. The first-order chi connectivity index (χ1) is 8.22. The quantitative estimate of drug-likeness (QED) is 0.870. The molecule has 1 fully saturated rings. The summed E-state index contributed by atoms with van der Waals surface area (Å²) >= 11 is 0. The van der Waals surface area contributed by atoms with E-state index in [4.69, 9.17) is 4.42 Å². The Balaban J connectivity index is 2.03. The topological polar surface area (TPSA) is 54.2 Å². The van der Waals surface area contributed by atoms with Gasteiger partial charge < -0.3 is 14.6 Å². The molecule has 0 aromatic carbocycles. The van der Waals surface area contributed by atoms with Crippen molar-refractivity contribution in [2.45, 2.75) is 51.1 Å². The number of aromatic nitrogens is 2. The zero-order chi connectivity index (χ0) is 12.3. The van der Waals surface area contributed by atoms with Gasteiger partial charge in [-0.15, -0.1) is 5.10 Å². The monoisotopic (exact) mass is 238 g/mol. The molecule has 17 heavy (non-hydrogen) atoms. The molecular formula is C12H22N4O. The van der Waals surface area contributed by atoms with Crippen LogP contribution in [0.5, 0.6) is 0 Å². The summed E-state index contributed by atoms with van der Waals surface area (Å²) < 4.78 is 5.69. The fourth-order valence-electron chi connectivity index (χ4n) is 2.29. The van der Waals surface area contributed by atoms with E-state index in [0.29, 0.717) is 17.9 Å². The Hall–Kier alpha value is -1.10. The highest BCUT2D eigenvalue weighted by Gasteiger charge is 2.22. The van der Waals surface area contributed by atoms with Crippen LogP contribution in [-0.2, 0) is 0 Å². The number of nitrogens with zero attached hydrogens (tertiary/aromatic N) is 3. The molecular weight excluding hydrogens is 216 g/mol. The molecule has 2 rings (SSSR count). The Morgan fingerprint density at radius 2 is 2.00 bits per heavy atom. The van der Waals surface area contributed by atoms with Crippen LogP contribution >= 0.6 is 0 Å². The lowest BCUT2D eigenvalue weighted by molar-refractivity contribution is 0.388. The van der Waals surface area contributed by atoms with Gasteiger partial charge in [-0.2, -0.15) is 0 Å². The maximum Gasteiger partial charge on any atom is 0.318 e. The van der Waals surface area contributed by atoms with Crippen molar-refractivity contribution < 1.29 is 4.42 Å². The number of hydrogen-bond donors (Lipinski definition) is 1.